The Morgan fingerprint density at radius 3 is 2.53 bits per heavy atom. The second-order valence-corrected chi connectivity index (χ2v) is 4.94. The van der Waals surface area contributed by atoms with Crippen molar-refractivity contribution in [1.82, 2.24) is 9.97 Å². The van der Waals surface area contributed by atoms with Crippen LogP contribution >= 0.6 is 0 Å². The molecule has 1 heterocycles. The summed E-state index contributed by atoms with van der Waals surface area (Å²) in [5.41, 5.74) is 6.22. The van der Waals surface area contributed by atoms with Crippen molar-refractivity contribution < 1.29 is 0 Å². The minimum absolute atomic E-state index is 0.974. The molecule has 4 rings (SSSR count). The Kier molecular flexibility index (Phi) is 2.27. The smallest absolute Gasteiger partial charge is 0.138 e. The van der Waals surface area contributed by atoms with Crippen molar-refractivity contribution in [1.29, 1.82) is 0 Å². The molecule has 3 aromatic rings. The summed E-state index contributed by atoms with van der Waals surface area (Å²) >= 11 is 0. The molecular weight excluding hydrogens is 232 g/mol. The Balaban J connectivity index is 1.88. The Bertz CT molecular complexity index is 726. The number of imidazole rings is 1. The molecule has 2 aromatic carbocycles. The third kappa shape index (κ3) is 1.68. The van der Waals surface area contributed by atoms with E-state index in [1.54, 1.807) is 0 Å². The molecule has 0 amide bonds. The minimum Gasteiger partial charge on any atom is -0.341 e. The second-order valence-electron chi connectivity index (χ2n) is 4.94. The molecule has 0 aliphatic heterocycles. The lowest BCUT2D eigenvalue weighted by molar-refractivity contribution is 0.909. The summed E-state index contributed by atoms with van der Waals surface area (Å²) in [6, 6.07) is 18.9. The molecule has 0 spiro atoms. The van der Waals surface area contributed by atoms with Crippen molar-refractivity contribution >= 4 is 0 Å². The highest BCUT2D eigenvalue weighted by atomic mass is 14.9. The first-order valence-corrected chi connectivity index (χ1v) is 6.64. The van der Waals surface area contributed by atoms with Crippen LogP contribution in [0.25, 0.3) is 22.6 Å². The molecule has 0 saturated carbocycles. The van der Waals surface area contributed by atoms with Crippen molar-refractivity contribution in [3.8, 4) is 22.6 Å². The highest BCUT2D eigenvalue weighted by Gasteiger charge is 2.20. The summed E-state index contributed by atoms with van der Waals surface area (Å²) in [5.74, 6) is 0.974. The van der Waals surface area contributed by atoms with E-state index < -0.39 is 0 Å². The molecule has 0 radical (unpaired) electrons. The van der Waals surface area contributed by atoms with Crippen LogP contribution < -0.4 is 0 Å². The summed E-state index contributed by atoms with van der Waals surface area (Å²) < 4.78 is 0. The maximum Gasteiger partial charge on any atom is 0.138 e. The molecule has 1 N–H and O–H groups in total. The monoisotopic (exact) mass is 246 g/mol. The van der Waals surface area contributed by atoms with Crippen molar-refractivity contribution in [2.45, 2.75) is 12.8 Å². The lowest BCUT2D eigenvalue weighted by Crippen LogP contribution is -2.02. The largest absolute Gasteiger partial charge is 0.341 e. The van der Waals surface area contributed by atoms with Gasteiger partial charge in [0.25, 0.3) is 0 Å². The summed E-state index contributed by atoms with van der Waals surface area (Å²) in [5, 5.41) is 0. The van der Waals surface area contributed by atoms with Crippen LogP contribution in [0.2, 0.25) is 0 Å². The highest BCUT2D eigenvalue weighted by Crippen LogP contribution is 2.33. The number of hydrogen-bond acceptors (Lipinski definition) is 1. The first-order chi connectivity index (χ1) is 9.42. The van der Waals surface area contributed by atoms with Crippen LogP contribution in [-0.2, 0) is 12.8 Å². The first-order valence-electron chi connectivity index (χ1n) is 6.64. The lowest BCUT2D eigenvalue weighted by Gasteiger charge is -2.14. The van der Waals surface area contributed by atoms with Gasteiger partial charge in [0.15, 0.2) is 0 Å². The lowest BCUT2D eigenvalue weighted by atomic mass is 9.93. The van der Waals surface area contributed by atoms with Crippen LogP contribution in [0.15, 0.2) is 54.6 Å². The predicted molar refractivity (Wildman–Crippen MR) is 76.9 cm³/mol. The molecule has 1 aromatic heterocycles. The number of aryl methyl sites for hydroxylation is 2. The van der Waals surface area contributed by atoms with Gasteiger partial charge in [-0.2, -0.15) is 0 Å². The van der Waals surface area contributed by atoms with E-state index in [0.29, 0.717) is 0 Å². The van der Waals surface area contributed by atoms with Crippen LogP contribution in [0, 0.1) is 0 Å². The summed E-state index contributed by atoms with van der Waals surface area (Å²) in [7, 11) is 0. The topological polar surface area (TPSA) is 28.7 Å². The summed E-state index contributed by atoms with van der Waals surface area (Å²) in [6.45, 7) is 0. The van der Waals surface area contributed by atoms with Crippen LogP contribution in [0.3, 0.4) is 0 Å². The second kappa shape index (κ2) is 4.09. The van der Waals surface area contributed by atoms with Crippen LogP contribution in [0.1, 0.15) is 11.3 Å². The van der Waals surface area contributed by atoms with Gasteiger partial charge < -0.3 is 4.98 Å². The number of nitrogens with one attached hydrogen (secondary N) is 1. The predicted octanol–water partition coefficient (Wildman–Crippen LogP) is 3.84. The molecule has 92 valence electrons. The van der Waals surface area contributed by atoms with E-state index >= 15 is 0 Å². The van der Waals surface area contributed by atoms with Gasteiger partial charge in [0.2, 0.25) is 0 Å². The van der Waals surface area contributed by atoms with E-state index in [0.717, 1.165) is 29.9 Å². The van der Waals surface area contributed by atoms with E-state index in [1.165, 1.54) is 16.8 Å². The van der Waals surface area contributed by atoms with Crippen molar-refractivity contribution in [3.63, 3.8) is 0 Å². The standard InChI is InChI=1S/C17H14N2/c1-2-7-13(8-3-1)17-18-15-11-10-12-6-4-5-9-14(12)16(15)19-17/h1-9H,10-11H2,(H,18,19). The first kappa shape index (κ1) is 10.6. The van der Waals surface area contributed by atoms with Gasteiger partial charge >= 0.3 is 0 Å². The number of aromatic nitrogens is 2. The normalized spacial score (nSPS) is 12.8. The molecule has 0 atom stereocenters. The molecule has 0 fully saturated rings. The van der Waals surface area contributed by atoms with Crippen LogP contribution in [0.4, 0.5) is 0 Å². The van der Waals surface area contributed by atoms with Crippen LogP contribution in [-0.4, -0.2) is 9.97 Å². The average Bonchev–Trinajstić information content (AvgIpc) is 2.93. The maximum atomic E-state index is 4.81. The molecule has 1 aliphatic carbocycles. The van der Waals surface area contributed by atoms with Gasteiger partial charge in [-0.1, -0.05) is 54.6 Å². The molecule has 2 heteroatoms. The van der Waals surface area contributed by atoms with Gasteiger partial charge in [-0.05, 0) is 18.4 Å². The van der Waals surface area contributed by atoms with Gasteiger partial charge in [0.1, 0.15) is 5.82 Å². The molecule has 19 heavy (non-hydrogen) atoms. The summed E-state index contributed by atoms with van der Waals surface area (Å²) in [4.78, 5) is 8.29. The summed E-state index contributed by atoms with van der Waals surface area (Å²) in [6.07, 6.45) is 2.14. The van der Waals surface area contributed by atoms with Crippen LogP contribution in [0.5, 0.6) is 0 Å². The van der Waals surface area contributed by atoms with Gasteiger partial charge in [0.05, 0.1) is 5.69 Å². The SMILES string of the molecule is c1ccc(-c2nc3c([nH]2)CCc2ccccc2-3)cc1. The number of benzene rings is 2. The third-order valence-corrected chi connectivity index (χ3v) is 3.74. The van der Waals surface area contributed by atoms with Crippen molar-refractivity contribution in [3.05, 3.63) is 65.9 Å². The fourth-order valence-corrected chi connectivity index (χ4v) is 2.77. The highest BCUT2D eigenvalue weighted by molar-refractivity contribution is 5.72. The van der Waals surface area contributed by atoms with Crippen molar-refractivity contribution in [2.24, 2.45) is 0 Å². The number of rotatable bonds is 1. The zero-order chi connectivity index (χ0) is 12.7. The molecular formula is C17H14N2. The van der Waals surface area contributed by atoms with E-state index in [1.807, 2.05) is 18.2 Å². The van der Waals surface area contributed by atoms with Gasteiger partial charge in [-0.3, -0.25) is 0 Å². The van der Waals surface area contributed by atoms with Gasteiger partial charge in [-0.25, -0.2) is 4.98 Å². The van der Waals surface area contributed by atoms with E-state index in [4.69, 9.17) is 4.98 Å². The number of fused-ring (bicyclic) bond motifs is 3. The van der Waals surface area contributed by atoms with E-state index in [-0.39, 0.29) is 0 Å². The average molecular weight is 246 g/mol. The number of nitrogens with zero attached hydrogens (tertiary/aromatic N) is 1. The molecule has 0 bridgehead atoms. The number of H-pyrrole nitrogens is 1. The Morgan fingerprint density at radius 2 is 1.63 bits per heavy atom. The fourth-order valence-electron chi connectivity index (χ4n) is 2.77. The Hall–Kier alpha value is -2.35. The van der Waals surface area contributed by atoms with E-state index in [9.17, 15) is 0 Å². The maximum absolute atomic E-state index is 4.81. The third-order valence-electron chi connectivity index (χ3n) is 3.74. The Labute approximate surface area is 112 Å². The zero-order valence-corrected chi connectivity index (χ0v) is 10.6. The zero-order valence-electron chi connectivity index (χ0n) is 10.6. The van der Waals surface area contributed by atoms with Crippen molar-refractivity contribution in [2.75, 3.05) is 0 Å². The molecule has 0 unspecified atom stereocenters. The van der Waals surface area contributed by atoms with Gasteiger partial charge in [0, 0.05) is 16.8 Å². The molecule has 2 nitrogen and oxygen atoms in total. The quantitative estimate of drug-likeness (QED) is 0.694. The van der Waals surface area contributed by atoms with E-state index in [2.05, 4.69) is 41.4 Å². The minimum atomic E-state index is 0.974. The van der Waals surface area contributed by atoms with Gasteiger partial charge in [-0.15, -0.1) is 0 Å². The Morgan fingerprint density at radius 1 is 0.842 bits per heavy atom. The molecule has 0 saturated heterocycles. The number of hydrogen-bond donors (Lipinski definition) is 1. The fraction of sp³-hybridized carbons (Fsp3) is 0.118. The number of aromatic amines is 1. The molecule has 1 aliphatic rings.